The van der Waals surface area contributed by atoms with Crippen molar-refractivity contribution in [2.75, 3.05) is 6.61 Å². The molecule has 0 spiro atoms. The largest absolute Gasteiger partial charge is 0.418 e. The van der Waals surface area contributed by atoms with Crippen LogP contribution in [0, 0.1) is 0 Å². The highest BCUT2D eigenvalue weighted by molar-refractivity contribution is 6.29. The van der Waals surface area contributed by atoms with E-state index in [0.29, 0.717) is 6.20 Å². The second-order valence-corrected chi connectivity index (χ2v) is 3.67. The van der Waals surface area contributed by atoms with E-state index in [9.17, 15) is 18.3 Å². The summed E-state index contributed by atoms with van der Waals surface area (Å²) in [4.78, 5) is 3.26. The third-order valence-electron chi connectivity index (χ3n) is 2.08. The third-order valence-corrected chi connectivity index (χ3v) is 2.28. The maximum Gasteiger partial charge on any atom is 0.418 e. The van der Waals surface area contributed by atoms with Crippen molar-refractivity contribution in [1.82, 2.24) is 4.98 Å². The van der Waals surface area contributed by atoms with Crippen molar-refractivity contribution in [3.8, 4) is 0 Å². The summed E-state index contributed by atoms with van der Waals surface area (Å²) in [6.07, 6.45) is -7.89. The molecule has 0 aromatic carbocycles. The fourth-order valence-electron chi connectivity index (χ4n) is 1.23. The van der Waals surface area contributed by atoms with Crippen molar-refractivity contribution < 1.29 is 28.5 Å². The van der Waals surface area contributed by atoms with Gasteiger partial charge < -0.3 is 15.3 Å². The van der Waals surface area contributed by atoms with Crippen molar-refractivity contribution in [1.29, 1.82) is 0 Å². The van der Waals surface area contributed by atoms with Gasteiger partial charge in [-0.05, 0) is 11.6 Å². The first-order chi connectivity index (χ1) is 7.77. The molecule has 0 bridgehead atoms. The highest BCUT2D eigenvalue weighted by Crippen LogP contribution is 2.35. The Morgan fingerprint density at radius 1 is 1.35 bits per heavy atom. The monoisotopic (exact) mass is 271 g/mol. The molecule has 0 saturated heterocycles. The number of aromatic nitrogens is 1. The molecular formula is C9H9ClF3NO3. The van der Waals surface area contributed by atoms with Gasteiger partial charge in [-0.3, -0.25) is 0 Å². The first kappa shape index (κ1) is 14.2. The van der Waals surface area contributed by atoms with Crippen LogP contribution in [0.15, 0.2) is 12.3 Å². The zero-order valence-electron chi connectivity index (χ0n) is 8.32. The molecule has 2 atom stereocenters. The standard InChI is InChI=1S/C9H9ClF3NO3/c10-7-1-4(8(17)6(16)3-15)5(2-14-7)9(11,12)13/h1-2,6,8,15-17H,3H2. The van der Waals surface area contributed by atoms with Gasteiger partial charge in [0, 0.05) is 6.20 Å². The van der Waals surface area contributed by atoms with E-state index in [1.165, 1.54) is 0 Å². The Balaban J connectivity index is 3.25. The molecule has 17 heavy (non-hydrogen) atoms. The molecule has 0 aliphatic rings. The summed E-state index contributed by atoms with van der Waals surface area (Å²) in [5.41, 5.74) is -1.83. The van der Waals surface area contributed by atoms with E-state index in [0.717, 1.165) is 6.07 Å². The van der Waals surface area contributed by atoms with E-state index in [1.807, 2.05) is 0 Å². The van der Waals surface area contributed by atoms with Gasteiger partial charge in [0.05, 0.1) is 12.2 Å². The maximum absolute atomic E-state index is 12.6. The number of hydrogen-bond acceptors (Lipinski definition) is 4. The minimum atomic E-state index is -4.73. The molecule has 0 aliphatic heterocycles. The second-order valence-electron chi connectivity index (χ2n) is 3.29. The number of aliphatic hydroxyl groups excluding tert-OH is 3. The van der Waals surface area contributed by atoms with Crippen molar-refractivity contribution in [3.63, 3.8) is 0 Å². The van der Waals surface area contributed by atoms with E-state index >= 15 is 0 Å². The Kier molecular flexibility index (Phi) is 4.31. The van der Waals surface area contributed by atoms with Gasteiger partial charge >= 0.3 is 6.18 Å². The molecular weight excluding hydrogens is 263 g/mol. The quantitative estimate of drug-likeness (QED) is 0.721. The topological polar surface area (TPSA) is 73.6 Å². The Morgan fingerprint density at radius 3 is 2.41 bits per heavy atom. The summed E-state index contributed by atoms with van der Waals surface area (Å²) in [5.74, 6) is 0. The summed E-state index contributed by atoms with van der Waals surface area (Å²) in [6.45, 7) is -0.877. The minimum absolute atomic E-state index is 0.253. The van der Waals surface area contributed by atoms with Gasteiger partial charge in [-0.2, -0.15) is 13.2 Å². The zero-order chi connectivity index (χ0) is 13.2. The first-order valence-corrected chi connectivity index (χ1v) is 4.84. The third kappa shape index (κ3) is 3.29. The molecule has 1 heterocycles. The molecule has 1 aromatic rings. The number of rotatable bonds is 3. The van der Waals surface area contributed by atoms with Gasteiger partial charge in [-0.1, -0.05) is 11.6 Å². The van der Waals surface area contributed by atoms with Gasteiger partial charge in [-0.25, -0.2) is 4.98 Å². The molecule has 4 nitrogen and oxygen atoms in total. The maximum atomic E-state index is 12.6. The number of hydrogen-bond donors (Lipinski definition) is 3. The van der Waals surface area contributed by atoms with Crippen molar-refractivity contribution >= 4 is 11.6 Å². The lowest BCUT2D eigenvalue weighted by molar-refractivity contribution is -0.140. The fraction of sp³-hybridized carbons (Fsp3) is 0.444. The molecule has 1 aromatic heterocycles. The van der Waals surface area contributed by atoms with Crippen LogP contribution in [0.2, 0.25) is 5.15 Å². The normalized spacial score (nSPS) is 15.7. The summed E-state index contributed by atoms with van der Waals surface area (Å²) in [6, 6.07) is 0.800. The van der Waals surface area contributed by atoms with E-state index in [4.69, 9.17) is 21.8 Å². The predicted molar refractivity (Wildman–Crippen MR) is 52.3 cm³/mol. The SMILES string of the molecule is OCC(O)C(O)c1cc(Cl)ncc1C(F)(F)F. The van der Waals surface area contributed by atoms with Crippen molar-refractivity contribution in [3.05, 3.63) is 28.5 Å². The zero-order valence-corrected chi connectivity index (χ0v) is 9.07. The van der Waals surface area contributed by atoms with E-state index in [1.54, 1.807) is 0 Å². The van der Waals surface area contributed by atoms with E-state index in [-0.39, 0.29) is 5.15 Å². The average molecular weight is 272 g/mol. The lowest BCUT2D eigenvalue weighted by Crippen LogP contribution is -2.25. The number of pyridine rings is 1. The molecule has 0 amide bonds. The lowest BCUT2D eigenvalue weighted by atomic mass is 10.0. The number of alkyl halides is 3. The van der Waals surface area contributed by atoms with Crippen LogP contribution < -0.4 is 0 Å². The number of nitrogens with zero attached hydrogens (tertiary/aromatic N) is 1. The van der Waals surface area contributed by atoms with Gasteiger partial charge in [-0.15, -0.1) is 0 Å². The van der Waals surface area contributed by atoms with Crippen LogP contribution in [0.3, 0.4) is 0 Å². The van der Waals surface area contributed by atoms with Crippen LogP contribution in [-0.2, 0) is 6.18 Å². The van der Waals surface area contributed by atoms with Gasteiger partial charge in [0.1, 0.15) is 17.4 Å². The first-order valence-electron chi connectivity index (χ1n) is 4.47. The van der Waals surface area contributed by atoms with Crippen LogP contribution in [0.1, 0.15) is 17.2 Å². The highest BCUT2D eigenvalue weighted by Gasteiger charge is 2.37. The highest BCUT2D eigenvalue weighted by atomic mass is 35.5. The molecule has 96 valence electrons. The molecule has 0 radical (unpaired) electrons. The second kappa shape index (κ2) is 5.18. The van der Waals surface area contributed by atoms with Crippen LogP contribution in [0.25, 0.3) is 0 Å². The summed E-state index contributed by atoms with van der Waals surface area (Å²) >= 11 is 5.43. The van der Waals surface area contributed by atoms with Crippen molar-refractivity contribution in [2.24, 2.45) is 0 Å². The number of halogens is 4. The van der Waals surface area contributed by atoms with Gasteiger partial charge in [0.15, 0.2) is 0 Å². The molecule has 0 aliphatic carbocycles. The van der Waals surface area contributed by atoms with Crippen molar-refractivity contribution in [2.45, 2.75) is 18.4 Å². The molecule has 0 saturated carbocycles. The minimum Gasteiger partial charge on any atom is -0.394 e. The van der Waals surface area contributed by atoms with Gasteiger partial charge in [0.2, 0.25) is 0 Å². The van der Waals surface area contributed by atoms with E-state index < -0.39 is 36.1 Å². The van der Waals surface area contributed by atoms with E-state index in [2.05, 4.69) is 4.98 Å². The van der Waals surface area contributed by atoms with Crippen LogP contribution in [-0.4, -0.2) is 33.0 Å². The molecule has 1 rings (SSSR count). The molecule has 8 heteroatoms. The van der Waals surface area contributed by atoms with Crippen LogP contribution in [0.4, 0.5) is 13.2 Å². The smallest absolute Gasteiger partial charge is 0.394 e. The predicted octanol–water partition coefficient (Wildman–Crippen LogP) is 1.14. The molecule has 2 unspecified atom stereocenters. The molecule has 0 fully saturated rings. The Bertz CT molecular complexity index is 400. The van der Waals surface area contributed by atoms with Crippen LogP contribution >= 0.6 is 11.6 Å². The fourth-order valence-corrected chi connectivity index (χ4v) is 1.40. The Labute approximate surface area is 99.3 Å². The molecule has 3 N–H and O–H groups in total. The summed E-state index contributed by atoms with van der Waals surface area (Å²) in [5, 5.41) is 26.9. The average Bonchev–Trinajstić information content (AvgIpc) is 2.25. The summed E-state index contributed by atoms with van der Waals surface area (Å²) in [7, 11) is 0. The van der Waals surface area contributed by atoms with Gasteiger partial charge in [0.25, 0.3) is 0 Å². The van der Waals surface area contributed by atoms with Crippen LogP contribution in [0.5, 0.6) is 0 Å². The Hall–Kier alpha value is -0.890. The number of aliphatic hydroxyl groups is 3. The lowest BCUT2D eigenvalue weighted by Gasteiger charge is -2.20. The Morgan fingerprint density at radius 2 is 1.94 bits per heavy atom. The summed E-state index contributed by atoms with van der Waals surface area (Å²) < 4.78 is 37.7.